The summed E-state index contributed by atoms with van der Waals surface area (Å²) in [5.74, 6) is 3.31. The van der Waals surface area contributed by atoms with Crippen molar-refractivity contribution in [3.8, 4) is 11.5 Å². The molecule has 4 atom stereocenters. The molecule has 0 N–H and O–H groups in total. The van der Waals surface area contributed by atoms with E-state index in [0.29, 0.717) is 24.2 Å². The average molecular weight is 499 g/mol. The third-order valence-electron chi connectivity index (χ3n) is 9.46. The van der Waals surface area contributed by atoms with Crippen LogP contribution in [0.5, 0.6) is 11.5 Å². The molecule has 0 heterocycles. The quantitative estimate of drug-likeness (QED) is 0.140. The van der Waals surface area contributed by atoms with Crippen LogP contribution in [0.25, 0.3) is 0 Å². The molecule has 0 aliphatic heterocycles. The van der Waals surface area contributed by atoms with Crippen LogP contribution in [-0.4, -0.2) is 12.6 Å². The van der Waals surface area contributed by atoms with Gasteiger partial charge < -0.3 is 9.47 Å². The lowest BCUT2D eigenvalue weighted by atomic mass is 9.59. The fourth-order valence-electron chi connectivity index (χ4n) is 7.43. The van der Waals surface area contributed by atoms with Gasteiger partial charge in [0.2, 0.25) is 0 Å². The monoisotopic (exact) mass is 498 g/mol. The molecule has 1 aromatic rings. The van der Waals surface area contributed by atoms with Crippen molar-refractivity contribution in [3.63, 3.8) is 0 Å². The second-order valence-electron chi connectivity index (χ2n) is 11.7. The number of halogens is 1. The Balaban J connectivity index is 1.28. The number of esters is 1. The molecule has 200 valence electrons. The molecule has 0 bridgehead atoms. The van der Waals surface area contributed by atoms with Gasteiger partial charge in [0.15, 0.2) is 11.6 Å². The van der Waals surface area contributed by atoms with Gasteiger partial charge in [0.25, 0.3) is 0 Å². The highest BCUT2D eigenvalue weighted by atomic mass is 19.1. The number of hydrogen-bond donors (Lipinski definition) is 0. The van der Waals surface area contributed by atoms with E-state index in [1.165, 1.54) is 82.8 Å². The molecule has 0 aromatic heterocycles. The minimum atomic E-state index is -0.539. The molecule has 3 saturated carbocycles. The summed E-state index contributed by atoms with van der Waals surface area (Å²) in [7, 11) is 0. The number of allylic oxidation sites excluding steroid dienone is 1. The zero-order chi connectivity index (χ0) is 25.3. The van der Waals surface area contributed by atoms with Crippen LogP contribution in [0.3, 0.4) is 0 Å². The molecule has 0 saturated heterocycles. The molecule has 0 amide bonds. The fraction of sp³-hybridized carbons (Fsp3) is 0.719. The predicted octanol–water partition coefficient (Wildman–Crippen LogP) is 8.91. The van der Waals surface area contributed by atoms with Gasteiger partial charge in [-0.15, -0.1) is 0 Å². The van der Waals surface area contributed by atoms with Crippen LogP contribution in [0.15, 0.2) is 30.4 Å². The number of unbranched alkanes of at least 4 members (excludes halogenated alkanes) is 2. The van der Waals surface area contributed by atoms with Crippen molar-refractivity contribution in [2.45, 2.75) is 104 Å². The summed E-state index contributed by atoms with van der Waals surface area (Å²) in [5.41, 5.74) is 0. The number of ether oxygens (including phenoxy) is 2. The standard InChI is InChI=1S/C32H47FO3/c1-3-5-7-9-23-12-14-24(15-13-23)25-16-18-28-26(21-25)10-8-11-29(28)32(34)36-31-19-17-27(22-30(31)33)35-20-6-4-2/h4,6,17,19,22-26,28-29H,3,5,7-16,18,20-21H2,1-2H3/b6-4+. The minimum absolute atomic E-state index is 0.0184. The molecule has 4 unspecified atom stereocenters. The van der Waals surface area contributed by atoms with Crippen molar-refractivity contribution in [3.05, 3.63) is 36.2 Å². The van der Waals surface area contributed by atoms with Crippen molar-refractivity contribution < 1.29 is 18.7 Å². The number of hydrogen-bond acceptors (Lipinski definition) is 3. The second kappa shape index (κ2) is 13.6. The topological polar surface area (TPSA) is 35.5 Å². The zero-order valence-corrected chi connectivity index (χ0v) is 22.6. The Morgan fingerprint density at radius 2 is 1.81 bits per heavy atom. The van der Waals surface area contributed by atoms with Gasteiger partial charge in [0.05, 0.1) is 5.92 Å². The Labute approximate surface area is 218 Å². The summed E-state index contributed by atoms with van der Waals surface area (Å²) in [4.78, 5) is 13.2. The van der Waals surface area contributed by atoms with Gasteiger partial charge in [-0.05, 0) is 87.2 Å². The van der Waals surface area contributed by atoms with E-state index in [9.17, 15) is 9.18 Å². The van der Waals surface area contributed by atoms with E-state index >= 15 is 0 Å². The highest BCUT2D eigenvalue weighted by Crippen LogP contribution is 2.50. The Hall–Kier alpha value is -1.84. The zero-order valence-electron chi connectivity index (χ0n) is 22.6. The summed E-state index contributed by atoms with van der Waals surface area (Å²) >= 11 is 0. The maximum Gasteiger partial charge on any atom is 0.314 e. The van der Waals surface area contributed by atoms with Gasteiger partial charge in [0.1, 0.15) is 12.4 Å². The van der Waals surface area contributed by atoms with E-state index in [-0.39, 0.29) is 17.6 Å². The van der Waals surface area contributed by atoms with Crippen LogP contribution >= 0.6 is 0 Å². The van der Waals surface area contributed by atoms with E-state index in [1.54, 1.807) is 6.07 Å². The average Bonchev–Trinajstić information content (AvgIpc) is 2.90. The van der Waals surface area contributed by atoms with Crippen molar-refractivity contribution in [2.75, 3.05) is 6.61 Å². The maximum absolute atomic E-state index is 14.6. The van der Waals surface area contributed by atoms with Gasteiger partial charge in [-0.2, -0.15) is 0 Å². The Morgan fingerprint density at radius 3 is 2.56 bits per heavy atom. The first kappa shape index (κ1) is 27.2. The third-order valence-corrected chi connectivity index (χ3v) is 9.46. The first-order valence-electron chi connectivity index (χ1n) is 14.8. The Kier molecular flexibility index (Phi) is 10.3. The van der Waals surface area contributed by atoms with E-state index < -0.39 is 5.82 Å². The number of benzene rings is 1. The summed E-state index contributed by atoms with van der Waals surface area (Å²) < 4.78 is 25.7. The van der Waals surface area contributed by atoms with Crippen molar-refractivity contribution in [1.29, 1.82) is 0 Å². The van der Waals surface area contributed by atoms with E-state index in [1.807, 2.05) is 19.1 Å². The van der Waals surface area contributed by atoms with Gasteiger partial charge in [-0.1, -0.05) is 70.4 Å². The van der Waals surface area contributed by atoms with E-state index in [2.05, 4.69) is 6.92 Å². The molecule has 0 radical (unpaired) electrons. The number of carbonyl (C=O) groups excluding carboxylic acids is 1. The fourth-order valence-corrected chi connectivity index (χ4v) is 7.43. The molecule has 1 aromatic carbocycles. The summed E-state index contributed by atoms with van der Waals surface area (Å²) in [5, 5.41) is 0. The van der Waals surface area contributed by atoms with E-state index in [0.717, 1.165) is 37.0 Å². The first-order valence-corrected chi connectivity index (χ1v) is 14.8. The molecule has 3 nitrogen and oxygen atoms in total. The predicted molar refractivity (Wildman–Crippen MR) is 144 cm³/mol. The van der Waals surface area contributed by atoms with Gasteiger partial charge in [-0.25, -0.2) is 4.39 Å². The van der Waals surface area contributed by atoms with Gasteiger partial charge in [0, 0.05) is 6.07 Å². The van der Waals surface area contributed by atoms with Crippen LogP contribution in [-0.2, 0) is 4.79 Å². The SMILES string of the molecule is C/C=C/COc1ccc(OC(=O)C2CCCC3CC(C4CCC(CCCCC)CC4)CCC32)c(F)c1. The lowest BCUT2D eigenvalue weighted by Gasteiger charge is -2.46. The van der Waals surface area contributed by atoms with Crippen LogP contribution in [0, 0.1) is 41.3 Å². The van der Waals surface area contributed by atoms with E-state index in [4.69, 9.17) is 9.47 Å². The lowest BCUT2D eigenvalue weighted by Crippen LogP contribution is -2.40. The summed E-state index contributed by atoms with van der Waals surface area (Å²) in [6.07, 6.45) is 21.9. The molecule has 36 heavy (non-hydrogen) atoms. The largest absolute Gasteiger partial charge is 0.489 e. The van der Waals surface area contributed by atoms with Gasteiger partial charge in [-0.3, -0.25) is 4.79 Å². The van der Waals surface area contributed by atoms with Crippen molar-refractivity contribution in [2.24, 2.45) is 35.5 Å². The van der Waals surface area contributed by atoms with Crippen molar-refractivity contribution >= 4 is 5.97 Å². The Bertz CT molecular complexity index is 857. The Morgan fingerprint density at radius 1 is 1.00 bits per heavy atom. The van der Waals surface area contributed by atoms with Crippen LogP contribution in [0.2, 0.25) is 0 Å². The third kappa shape index (κ3) is 7.13. The molecule has 4 heteroatoms. The maximum atomic E-state index is 14.6. The smallest absolute Gasteiger partial charge is 0.314 e. The molecule has 3 fully saturated rings. The lowest BCUT2D eigenvalue weighted by molar-refractivity contribution is -0.144. The summed E-state index contributed by atoms with van der Waals surface area (Å²) in [6.45, 7) is 4.60. The highest BCUT2D eigenvalue weighted by Gasteiger charge is 2.43. The second-order valence-corrected chi connectivity index (χ2v) is 11.7. The number of carbonyl (C=O) groups is 1. The molecular formula is C32H47FO3. The molecule has 0 spiro atoms. The molecule has 3 aliphatic carbocycles. The normalized spacial score (nSPS) is 30.6. The minimum Gasteiger partial charge on any atom is -0.489 e. The summed E-state index contributed by atoms with van der Waals surface area (Å²) in [6, 6.07) is 4.50. The first-order chi connectivity index (χ1) is 17.6. The highest BCUT2D eigenvalue weighted by molar-refractivity contribution is 5.75. The van der Waals surface area contributed by atoms with Crippen LogP contribution < -0.4 is 9.47 Å². The molecule has 4 rings (SSSR count). The van der Waals surface area contributed by atoms with Gasteiger partial charge >= 0.3 is 5.97 Å². The molecule has 3 aliphatic rings. The van der Waals surface area contributed by atoms with Crippen LogP contribution in [0.1, 0.15) is 104 Å². The number of rotatable bonds is 10. The number of fused-ring (bicyclic) bond motifs is 1. The van der Waals surface area contributed by atoms with Crippen molar-refractivity contribution in [1.82, 2.24) is 0 Å². The molecular weight excluding hydrogens is 451 g/mol. The van der Waals surface area contributed by atoms with Crippen LogP contribution in [0.4, 0.5) is 4.39 Å².